The van der Waals surface area contributed by atoms with Gasteiger partial charge in [0.05, 0.1) is 12.8 Å². The molecule has 2 aliphatic rings. The van der Waals surface area contributed by atoms with E-state index in [4.69, 9.17) is 4.74 Å². The highest BCUT2D eigenvalue weighted by molar-refractivity contribution is 6.00. The van der Waals surface area contributed by atoms with Crippen molar-refractivity contribution >= 4 is 30.0 Å². The van der Waals surface area contributed by atoms with Gasteiger partial charge in [-0.2, -0.15) is 0 Å². The second kappa shape index (κ2) is 8.40. The van der Waals surface area contributed by atoms with Crippen LogP contribution in [-0.2, 0) is 0 Å². The summed E-state index contributed by atoms with van der Waals surface area (Å²) in [6.07, 6.45) is 1.84. The average Bonchev–Trinajstić information content (AvgIpc) is 3.00. The van der Waals surface area contributed by atoms with Crippen molar-refractivity contribution in [3.05, 3.63) is 23.8 Å². The number of halogens is 1. The number of piperidine rings is 1. The van der Waals surface area contributed by atoms with E-state index >= 15 is 0 Å². The zero-order valence-electron chi connectivity index (χ0n) is 14.5. The number of hydrogen-bond donors (Lipinski definition) is 3. The number of carbonyl (C=O) groups is 2. The lowest BCUT2D eigenvalue weighted by Gasteiger charge is -2.28. The number of carbonyl (C=O) groups excluding carboxylic acids is 2. The molecule has 0 spiro atoms. The molecule has 1 aromatic rings. The summed E-state index contributed by atoms with van der Waals surface area (Å²) in [7, 11) is 1.56. The largest absolute Gasteiger partial charge is 0.495 e. The molecule has 138 valence electrons. The summed E-state index contributed by atoms with van der Waals surface area (Å²) >= 11 is 0. The molecule has 0 aliphatic carbocycles. The van der Waals surface area contributed by atoms with E-state index in [9.17, 15) is 9.59 Å². The molecule has 0 aromatic heterocycles. The normalized spacial score (nSPS) is 22.8. The third kappa shape index (κ3) is 4.35. The van der Waals surface area contributed by atoms with E-state index in [-0.39, 0.29) is 30.4 Å². The number of ether oxygens (including phenoxy) is 1. The molecule has 0 bridgehead atoms. The zero-order chi connectivity index (χ0) is 17.1. The Morgan fingerprint density at radius 1 is 1.36 bits per heavy atom. The molecule has 2 unspecified atom stereocenters. The summed E-state index contributed by atoms with van der Waals surface area (Å²) in [4.78, 5) is 26.1. The molecule has 3 N–H and O–H groups in total. The van der Waals surface area contributed by atoms with Gasteiger partial charge in [0.15, 0.2) is 0 Å². The van der Waals surface area contributed by atoms with Crippen LogP contribution in [0.2, 0.25) is 0 Å². The van der Waals surface area contributed by atoms with E-state index < -0.39 is 0 Å². The molecule has 8 heteroatoms. The van der Waals surface area contributed by atoms with Crippen molar-refractivity contribution in [1.29, 1.82) is 0 Å². The minimum absolute atomic E-state index is 0. The van der Waals surface area contributed by atoms with Gasteiger partial charge in [-0.1, -0.05) is 0 Å². The Morgan fingerprint density at radius 3 is 2.80 bits per heavy atom. The fourth-order valence-corrected chi connectivity index (χ4v) is 3.28. The fourth-order valence-electron chi connectivity index (χ4n) is 3.28. The maximum absolute atomic E-state index is 12.6. The van der Waals surface area contributed by atoms with Gasteiger partial charge in [-0.25, -0.2) is 4.79 Å². The first-order chi connectivity index (χ1) is 11.6. The van der Waals surface area contributed by atoms with Crippen LogP contribution in [0.1, 0.15) is 30.1 Å². The summed E-state index contributed by atoms with van der Waals surface area (Å²) in [5, 5.41) is 9.23. The lowest BCUT2D eigenvalue weighted by Crippen LogP contribution is -2.46. The van der Waals surface area contributed by atoms with Crippen LogP contribution in [-0.4, -0.2) is 50.8 Å². The maximum Gasteiger partial charge on any atom is 0.322 e. The molecule has 1 aromatic carbocycles. The number of anilines is 1. The summed E-state index contributed by atoms with van der Waals surface area (Å²) in [5.74, 6) is 0.469. The molecule has 3 rings (SSSR count). The van der Waals surface area contributed by atoms with Crippen LogP contribution in [0.5, 0.6) is 5.75 Å². The molecule has 0 saturated carbocycles. The highest BCUT2D eigenvalue weighted by Crippen LogP contribution is 2.30. The Hall–Kier alpha value is -1.99. The van der Waals surface area contributed by atoms with Gasteiger partial charge in [-0.05, 0) is 44.5 Å². The van der Waals surface area contributed by atoms with Gasteiger partial charge >= 0.3 is 6.03 Å². The number of methoxy groups -OCH3 is 1. The predicted octanol–water partition coefficient (Wildman–Crippen LogP) is 1.52. The first-order valence-electron chi connectivity index (χ1n) is 8.36. The zero-order valence-corrected chi connectivity index (χ0v) is 15.3. The van der Waals surface area contributed by atoms with E-state index in [0.717, 1.165) is 19.4 Å². The maximum atomic E-state index is 12.6. The van der Waals surface area contributed by atoms with Crippen LogP contribution in [0.4, 0.5) is 10.5 Å². The van der Waals surface area contributed by atoms with E-state index in [0.29, 0.717) is 36.1 Å². The van der Waals surface area contributed by atoms with Crippen LogP contribution in [0, 0.1) is 0 Å². The molecular weight excluding hydrogens is 344 g/mol. The van der Waals surface area contributed by atoms with Gasteiger partial charge in [-0.15, -0.1) is 12.4 Å². The number of amides is 3. The van der Waals surface area contributed by atoms with Gasteiger partial charge < -0.3 is 20.7 Å². The number of hydrogen-bond acceptors (Lipinski definition) is 4. The lowest BCUT2D eigenvalue weighted by atomic mass is 10.00. The van der Waals surface area contributed by atoms with Crippen molar-refractivity contribution in [3.8, 4) is 5.75 Å². The Kier molecular flexibility index (Phi) is 6.50. The van der Waals surface area contributed by atoms with Gasteiger partial charge in [-0.3, -0.25) is 9.69 Å². The van der Waals surface area contributed by atoms with E-state index in [2.05, 4.69) is 22.9 Å². The first-order valence-corrected chi connectivity index (χ1v) is 8.36. The molecular formula is C17H25ClN4O3. The highest BCUT2D eigenvalue weighted by atomic mass is 35.5. The molecule has 0 radical (unpaired) electrons. The first kappa shape index (κ1) is 19.3. The number of nitrogens with one attached hydrogen (secondary N) is 3. The van der Waals surface area contributed by atoms with E-state index in [1.54, 1.807) is 30.2 Å². The van der Waals surface area contributed by atoms with Gasteiger partial charge in [0, 0.05) is 30.7 Å². The highest BCUT2D eigenvalue weighted by Gasteiger charge is 2.26. The Morgan fingerprint density at radius 2 is 2.16 bits per heavy atom. The lowest BCUT2D eigenvalue weighted by molar-refractivity contribution is 0.0925. The Balaban J connectivity index is 0.00000225. The molecule has 25 heavy (non-hydrogen) atoms. The van der Waals surface area contributed by atoms with Crippen molar-refractivity contribution in [3.63, 3.8) is 0 Å². The van der Waals surface area contributed by atoms with Crippen LogP contribution >= 0.6 is 12.4 Å². The fraction of sp³-hybridized carbons (Fsp3) is 0.529. The second-order valence-corrected chi connectivity index (χ2v) is 6.32. The van der Waals surface area contributed by atoms with E-state index in [1.807, 2.05) is 0 Å². The smallest absolute Gasteiger partial charge is 0.322 e. The molecule has 2 saturated heterocycles. The number of rotatable bonds is 4. The minimum Gasteiger partial charge on any atom is -0.495 e. The van der Waals surface area contributed by atoms with Gasteiger partial charge in [0.25, 0.3) is 5.91 Å². The van der Waals surface area contributed by atoms with Crippen molar-refractivity contribution in [2.75, 3.05) is 31.6 Å². The van der Waals surface area contributed by atoms with Crippen LogP contribution in [0.25, 0.3) is 0 Å². The molecule has 7 nitrogen and oxygen atoms in total. The summed E-state index contributed by atoms with van der Waals surface area (Å²) in [6, 6.07) is 5.61. The third-order valence-electron chi connectivity index (χ3n) is 4.55. The number of urea groups is 1. The molecule has 2 heterocycles. The third-order valence-corrected chi connectivity index (χ3v) is 4.55. The van der Waals surface area contributed by atoms with Crippen LogP contribution < -0.4 is 25.6 Å². The molecule has 2 aliphatic heterocycles. The average molecular weight is 369 g/mol. The quantitative estimate of drug-likeness (QED) is 0.752. The van der Waals surface area contributed by atoms with Crippen LogP contribution in [0.15, 0.2) is 18.2 Å². The molecule has 2 fully saturated rings. The summed E-state index contributed by atoms with van der Waals surface area (Å²) < 4.78 is 5.34. The van der Waals surface area contributed by atoms with Crippen molar-refractivity contribution in [2.24, 2.45) is 0 Å². The van der Waals surface area contributed by atoms with E-state index in [1.165, 1.54) is 0 Å². The monoisotopic (exact) mass is 368 g/mol. The van der Waals surface area contributed by atoms with Crippen LogP contribution in [0.3, 0.4) is 0 Å². The van der Waals surface area contributed by atoms with Crippen molar-refractivity contribution < 1.29 is 14.3 Å². The Bertz CT molecular complexity index is 640. The SMILES string of the molecule is COc1ccc(C(=O)NC2CCNC(C)C2)cc1N1CCNC1=O.Cl. The predicted molar refractivity (Wildman–Crippen MR) is 98.9 cm³/mol. The summed E-state index contributed by atoms with van der Waals surface area (Å²) in [5.41, 5.74) is 1.16. The standard InChI is InChI=1S/C17H24N4O3.ClH/c1-11-9-13(5-6-18-11)20-16(22)12-3-4-15(24-2)14(10-12)21-8-7-19-17(21)23;/h3-4,10-11,13,18H,5-9H2,1-2H3,(H,19,23)(H,20,22);1H. The van der Waals surface area contributed by atoms with Crippen molar-refractivity contribution in [1.82, 2.24) is 16.0 Å². The molecule has 3 amide bonds. The van der Waals surface area contributed by atoms with Crippen molar-refractivity contribution in [2.45, 2.75) is 31.8 Å². The van der Waals surface area contributed by atoms with Gasteiger partial charge in [0.2, 0.25) is 0 Å². The Labute approximate surface area is 153 Å². The number of nitrogens with zero attached hydrogens (tertiary/aromatic N) is 1. The summed E-state index contributed by atoms with van der Waals surface area (Å²) in [6.45, 7) is 4.18. The van der Waals surface area contributed by atoms with Gasteiger partial charge in [0.1, 0.15) is 5.75 Å². The molecule has 2 atom stereocenters. The number of benzene rings is 1. The topological polar surface area (TPSA) is 82.7 Å². The minimum atomic E-state index is -0.168. The second-order valence-electron chi connectivity index (χ2n) is 6.32.